The van der Waals surface area contributed by atoms with Gasteiger partial charge >= 0.3 is 5.97 Å². The first-order valence-electron chi connectivity index (χ1n) is 8.93. The van der Waals surface area contributed by atoms with Crippen molar-refractivity contribution in [3.63, 3.8) is 0 Å². The maximum atomic E-state index is 12.3. The molecule has 6 nitrogen and oxygen atoms in total. The second kappa shape index (κ2) is 8.56. The second-order valence-corrected chi connectivity index (χ2v) is 7.78. The van der Waals surface area contributed by atoms with Crippen LogP contribution >= 0.6 is 15.9 Å². The molecule has 146 valence electrons. The Morgan fingerprint density at radius 3 is 2.71 bits per heavy atom. The number of hydrogen-bond acceptors (Lipinski definition) is 4. The van der Waals surface area contributed by atoms with Crippen LogP contribution in [0, 0.1) is 19.8 Å². The summed E-state index contributed by atoms with van der Waals surface area (Å²) in [5.74, 6) is -1.65. The maximum absolute atomic E-state index is 12.3. The molecule has 2 amide bonds. The van der Waals surface area contributed by atoms with E-state index in [0.717, 1.165) is 21.3 Å². The predicted octanol–water partition coefficient (Wildman–Crippen LogP) is 3.60. The largest absolute Gasteiger partial charge is 0.455 e. The molecule has 0 unspecified atom stereocenters. The predicted molar refractivity (Wildman–Crippen MR) is 110 cm³/mol. The van der Waals surface area contributed by atoms with E-state index in [0.29, 0.717) is 5.69 Å². The second-order valence-electron chi connectivity index (χ2n) is 6.86. The molecule has 2 aromatic carbocycles. The van der Waals surface area contributed by atoms with Crippen LogP contribution in [0.1, 0.15) is 17.5 Å². The lowest BCUT2D eigenvalue weighted by atomic mass is 10.1. The van der Waals surface area contributed by atoms with Gasteiger partial charge in [-0.3, -0.25) is 14.4 Å². The van der Waals surface area contributed by atoms with Gasteiger partial charge in [0, 0.05) is 28.8 Å². The van der Waals surface area contributed by atoms with Gasteiger partial charge in [0.2, 0.25) is 5.91 Å². The van der Waals surface area contributed by atoms with E-state index in [-0.39, 0.29) is 25.5 Å². The van der Waals surface area contributed by atoms with Crippen LogP contribution in [0.15, 0.2) is 46.9 Å². The average molecular weight is 445 g/mol. The zero-order chi connectivity index (χ0) is 20.3. The maximum Gasteiger partial charge on any atom is 0.311 e. The van der Waals surface area contributed by atoms with Gasteiger partial charge in [-0.05, 0) is 55.3 Å². The number of nitrogens with zero attached hydrogens (tertiary/aromatic N) is 1. The summed E-state index contributed by atoms with van der Waals surface area (Å²) in [6.45, 7) is 3.69. The molecule has 1 N–H and O–H groups in total. The Labute approximate surface area is 172 Å². The van der Waals surface area contributed by atoms with Crippen molar-refractivity contribution in [3.8, 4) is 0 Å². The lowest BCUT2D eigenvalue weighted by Crippen LogP contribution is -2.28. The minimum Gasteiger partial charge on any atom is -0.455 e. The van der Waals surface area contributed by atoms with Gasteiger partial charge in [-0.1, -0.05) is 28.1 Å². The van der Waals surface area contributed by atoms with Gasteiger partial charge in [0.15, 0.2) is 6.61 Å². The van der Waals surface area contributed by atoms with Crippen LogP contribution in [-0.4, -0.2) is 30.9 Å². The molecular weight excluding hydrogens is 424 g/mol. The molecule has 1 heterocycles. The molecule has 0 aliphatic carbocycles. The normalized spacial score (nSPS) is 16.2. The van der Waals surface area contributed by atoms with Crippen LogP contribution < -0.4 is 10.2 Å². The molecule has 0 bridgehead atoms. The molecule has 0 radical (unpaired) electrons. The van der Waals surface area contributed by atoms with Gasteiger partial charge < -0.3 is 15.0 Å². The Morgan fingerprint density at radius 1 is 1.21 bits per heavy atom. The molecule has 28 heavy (non-hydrogen) atoms. The standard InChI is InChI=1S/C21H21BrN2O4/c1-13-4-3-5-17(8-13)24-11-15(10-20(24)26)21(27)28-12-19(25)23-18-7-6-16(22)9-14(18)2/h3-9,15H,10-12H2,1-2H3,(H,23,25)/t15-/m1/s1. The van der Waals surface area contributed by atoms with E-state index in [4.69, 9.17) is 4.74 Å². The molecule has 1 aliphatic heterocycles. The van der Waals surface area contributed by atoms with Crippen LogP contribution in [0.3, 0.4) is 0 Å². The first-order valence-corrected chi connectivity index (χ1v) is 9.72. The summed E-state index contributed by atoms with van der Waals surface area (Å²) in [5, 5.41) is 2.72. The highest BCUT2D eigenvalue weighted by Crippen LogP contribution is 2.26. The number of anilines is 2. The zero-order valence-electron chi connectivity index (χ0n) is 15.7. The molecule has 1 atom stereocenters. The van der Waals surface area contributed by atoms with E-state index < -0.39 is 17.8 Å². The van der Waals surface area contributed by atoms with Crippen LogP contribution in [0.2, 0.25) is 0 Å². The molecule has 7 heteroatoms. The summed E-state index contributed by atoms with van der Waals surface area (Å²) in [6.07, 6.45) is 0.0835. The van der Waals surface area contributed by atoms with E-state index in [2.05, 4.69) is 21.2 Å². The van der Waals surface area contributed by atoms with Gasteiger partial charge in [-0.2, -0.15) is 0 Å². The molecule has 1 saturated heterocycles. The Hall–Kier alpha value is -2.67. The number of hydrogen-bond donors (Lipinski definition) is 1. The van der Waals surface area contributed by atoms with Crippen molar-refractivity contribution < 1.29 is 19.1 Å². The van der Waals surface area contributed by atoms with Crippen LogP contribution in [-0.2, 0) is 19.1 Å². The lowest BCUT2D eigenvalue weighted by Gasteiger charge is -2.17. The van der Waals surface area contributed by atoms with Crippen molar-refractivity contribution in [3.05, 3.63) is 58.1 Å². The van der Waals surface area contributed by atoms with Crippen molar-refractivity contribution in [2.24, 2.45) is 5.92 Å². The number of aryl methyl sites for hydroxylation is 2. The summed E-state index contributed by atoms with van der Waals surface area (Å²) in [6, 6.07) is 13.0. The molecule has 0 spiro atoms. The van der Waals surface area contributed by atoms with Gasteiger partial charge in [-0.25, -0.2) is 0 Å². The quantitative estimate of drug-likeness (QED) is 0.714. The number of nitrogens with one attached hydrogen (secondary N) is 1. The number of carbonyl (C=O) groups is 3. The van der Waals surface area contributed by atoms with Crippen molar-refractivity contribution in [2.45, 2.75) is 20.3 Å². The molecule has 0 aromatic heterocycles. The third-order valence-electron chi connectivity index (χ3n) is 4.58. The highest BCUT2D eigenvalue weighted by molar-refractivity contribution is 9.10. The van der Waals surface area contributed by atoms with Crippen molar-refractivity contribution >= 4 is 45.1 Å². The minimum absolute atomic E-state index is 0.0835. The molecule has 1 fully saturated rings. The number of benzene rings is 2. The fourth-order valence-electron chi connectivity index (χ4n) is 3.12. The van der Waals surface area contributed by atoms with Crippen LogP contribution in [0.4, 0.5) is 11.4 Å². The van der Waals surface area contributed by atoms with Gasteiger partial charge in [-0.15, -0.1) is 0 Å². The number of halogens is 1. The van der Waals surface area contributed by atoms with E-state index >= 15 is 0 Å². The molecule has 1 aliphatic rings. The number of ether oxygens (including phenoxy) is 1. The average Bonchev–Trinajstić information content (AvgIpc) is 3.04. The Balaban J connectivity index is 1.53. The molecular formula is C21H21BrN2O4. The van der Waals surface area contributed by atoms with Crippen molar-refractivity contribution in [1.29, 1.82) is 0 Å². The summed E-state index contributed by atoms with van der Waals surface area (Å²) < 4.78 is 6.06. The first kappa shape index (κ1) is 20.1. The van der Waals surface area contributed by atoms with Gasteiger partial charge in [0.1, 0.15) is 0 Å². The number of esters is 1. The number of rotatable bonds is 5. The summed E-state index contributed by atoms with van der Waals surface area (Å²) in [7, 11) is 0. The van der Waals surface area contributed by atoms with Gasteiger partial charge in [0.25, 0.3) is 5.91 Å². The minimum atomic E-state index is -0.574. The zero-order valence-corrected chi connectivity index (χ0v) is 17.3. The van der Waals surface area contributed by atoms with Gasteiger partial charge in [0.05, 0.1) is 5.92 Å². The number of amides is 2. The summed E-state index contributed by atoms with van der Waals surface area (Å²) in [4.78, 5) is 38.3. The van der Waals surface area contributed by atoms with Crippen molar-refractivity contribution in [1.82, 2.24) is 0 Å². The van der Waals surface area contributed by atoms with Crippen LogP contribution in [0.5, 0.6) is 0 Å². The first-order chi connectivity index (χ1) is 13.3. The lowest BCUT2D eigenvalue weighted by molar-refractivity contribution is -0.151. The molecule has 2 aromatic rings. The van der Waals surface area contributed by atoms with Crippen LogP contribution in [0.25, 0.3) is 0 Å². The Morgan fingerprint density at radius 2 is 2.00 bits per heavy atom. The highest BCUT2D eigenvalue weighted by Gasteiger charge is 2.36. The monoisotopic (exact) mass is 444 g/mol. The van der Waals surface area contributed by atoms with E-state index in [1.54, 1.807) is 11.0 Å². The number of carbonyl (C=O) groups excluding carboxylic acids is 3. The summed E-state index contributed by atoms with van der Waals surface area (Å²) >= 11 is 3.37. The van der Waals surface area contributed by atoms with Crippen molar-refractivity contribution in [2.75, 3.05) is 23.4 Å². The molecule has 3 rings (SSSR count). The van der Waals surface area contributed by atoms with E-state index in [1.165, 1.54) is 0 Å². The summed E-state index contributed by atoms with van der Waals surface area (Å²) in [5.41, 5.74) is 3.36. The Kier molecular flexibility index (Phi) is 6.14. The fraction of sp³-hybridized carbons (Fsp3) is 0.286. The smallest absolute Gasteiger partial charge is 0.311 e. The Bertz CT molecular complexity index is 928. The third-order valence-corrected chi connectivity index (χ3v) is 5.07. The fourth-order valence-corrected chi connectivity index (χ4v) is 3.59. The highest BCUT2D eigenvalue weighted by atomic mass is 79.9. The topological polar surface area (TPSA) is 75.7 Å². The molecule has 0 saturated carbocycles. The third kappa shape index (κ3) is 4.78. The SMILES string of the molecule is Cc1cccc(N2C[C@H](C(=O)OCC(=O)Nc3ccc(Br)cc3C)CC2=O)c1. The van der Waals surface area contributed by atoms with E-state index in [9.17, 15) is 14.4 Å². The van der Waals surface area contributed by atoms with E-state index in [1.807, 2.05) is 50.2 Å².